The monoisotopic (exact) mass is 442 g/mol. The molecule has 0 radical (unpaired) electrons. The average Bonchev–Trinajstić information content (AvgIpc) is 2.69. The highest BCUT2D eigenvalue weighted by Crippen LogP contribution is 2.25. The molecule has 0 fully saturated rings. The van der Waals surface area contributed by atoms with Crippen molar-refractivity contribution in [2.24, 2.45) is 0 Å². The second-order valence-corrected chi connectivity index (χ2v) is 8.67. The van der Waals surface area contributed by atoms with Gasteiger partial charge < -0.3 is 20.7 Å². The summed E-state index contributed by atoms with van der Waals surface area (Å²) >= 11 is 0. The summed E-state index contributed by atoms with van der Waals surface area (Å²) in [6.45, 7) is 12.9. The van der Waals surface area contributed by atoms with Gasteiger partial charge in [-0.3, -0.25) is 4.98 Å². The number of nitrogens with zero attached hydrogens (tertiary/aromatic N) is 3. The number of carbonyl (C=O) groups excluding carboxylic acids is 1. The molecule has 0 aliphatic carbocycles. The van der Waals surface area contributed by atoms with Crippen molar-refractivity contribution in [3.05, 3.63) is 41.0 Å². The van der Waals surface area contributed by atoms with E-state index in [-0.39, 0.29) is 29.3 Å². The van der Waals surface area contributed by atoms with Crippen molar-refractivity contribution >= 4 is 23.4 Å². The fourth-order valence-electron chi connectivity index (χ4n) is 2.97. The zero-order valence-corrected chi connectivity index (χ0v) is 19.6. The van der Waals surface area contributed by atoms with Gasteiger partial charge in [-0.05, 0) is 65.7 Å². The Balaban J connectivity index is 2.23. The molecule has 0 aromatic carbocycles. The highest BCUT2D eigenvalue weighted by atomic mass is 19.1. The largest absolute Gasteiger partial charge is 0.444 e. The Morgan fingerprint density at radius 2 is 1.97 bits per heavy atom. The zero-order valence-electron chi connectivity index (χ0n) is 19.6. The minimum atomic E-state index is -0.663. The number of aromatic nitrogens is 2. The molecule has 2 atom stereocenters. The predicted molar refractivity (Wildman–Crippen MR) is 122 cm³/mol. The van der Waals surface area contributed by atoms with E-state index in [4.69, 9.17) is 4.74 Å². The number of anilines is 3. The van der Waals surface area contributed by atoms with Crippen LogP contribution in [0, 0.1) is 31.0 Å². The Kier molecular flexibility index (Phi) is 7.97. The van der Waals surface area contributed by atoms with Crippen molar-refractivity contribution in [3.8, 4) is 6.07 Å². The number of hydrogen-bond donors (Lipinski definition) is 3. The smallest absolute Gasteiger partial charge is 0.407 e. The summed E-state index contributed by atoms with van der Waals surface area (Å²) in [5, 5.41) is 18.3. The molecule has 2 aromatic rings. The summed E-state index contributed by atoms with van der Waals surface area (Å²) in [6, 6.07) is 4.27. The summed E-state index contributed by atoms with van der Waals surface area (Å²) in [5.74, 6) is -0.480. The van der Waals surface area contributed by atoms with E-state index in [0.717, 1.165) is 17.3 Å². The highest BCUT2D eigenvalue weighted by Gasteiger charge is 2.24. The van der Waals surface area contributed by atoms with E-state index in [1.807, 2.05) is 39.8 Å². The molecule has 0 saturated heterocycles. The predicted octanol–water partition coefficient (Wildman–Crippen LogP) is 4.95. The standard InChI is InChI=1S/C23H31FN6O2/c1-8-19(29-22(31)32-23(5,6)7)15(4)27-21-18(24)10-16(11-25)20(30-21)28-17-9-13(2)14(3)26-12-17/h9-10,12,15,19H,8H2,1-7H3,(H,29,31)(H2,27,28,30)/t15-,19+/m1/s1. The van der Waals surface area contributed by atoms with Gasteiger partial charge in [0.2, 0.25) is 0 Å². The maximum absolute atomic E-state index is 14.7. The van der Waals surface area contributed by atoms with Gasteiger partial charge in [0, 0.05) is 11.7 Å². The molecule has 172 valence electrons. The van der Waals surface area contributed by atoms with Crippen LogP contribution < -0.4 is 16.0 Å². The van der Waals surface area contributed by atoms with Crippen LogP contribution in [0.25, 0.3) is 0 Å². The molecule has 1 amide bonds. The van der Waals surface area contributed by atoms with Crippen LogP contribution in [0.1, 0.15) is 57.9 Å². The third-order valence-electron chi connectivity index (χ3n) is 4.81. The number of nitrogens with one attached hydrogen (secondary N) is 3. The van der Waals surface area contributed by atoms with Gasteiger partial charge in [-0.15, -0.1) is 0 Å². The molecule has 0 unspecified atom stereocenters. The Bertz CT molecular complexity index is 1010. The number of aryl methyl sites for hydroxylation is 2. The molecular formula is C23H31FN6O2. The summed E-state index contributed by atoms with van der Waals surface area (Å²) in [6.07, 6.45) is 1.67. The molecule has 0 spiro atoms. The normalized spacial score (nSPS) is 13.0. The number of rotatable bonds is 7. The molecule has 2 aromatic heterocycles. The molecule has 0 bridgehead atoms. The van der Waals surface area contributed by atoms with Crippen LogP contribution in [0.5, 0.6) is 0 Å². The van der Waals surface area contributed by atoms with Gasteiger partial charge in [0.25, 0.3) is 0 Å². The van der Waals surface area contributed by atoms with E-state index in [1.54, 1.807) is 27.0 Å². The fraction of sp³-hybridized carbons (Fsp3) is 0.478. The first-order chi connectivity index (χ1) is 14.9. The molecule has 0 aliphatic heterocycles. The number of carbonyl (C=O) groups is 1. The van der Waals surface area contributed by atoms with Crippen LogP contribution in [-0.2, 0) is 4.74 Å². The highest BCUT2D eigenvalue weighted by molar-refractivity contribution is 5.68. The fourth-order valence-corrected chi connectivity index (χ4v) is 2.97. The van der Waals surface area contributed by atoms with Crippen molar-refractivity contribution in [1.82, 2.24) is 15.3 Å². The molecule has 0 saturated carbocycles. The maximum atomic E-state index is 14.7. The Labute approximate surface area is 188 Å². The van der Waals surface area contributed by atoms with Crippen molar-refractivity contribution in [3.63, 3.8) is 0 Å². The van der Waals surface area contributed by atoms with Gasteiger partial charge in [-0.2, -0.15) is 5.26 Å². The quantitative estimate of drug-likeness (QED) is 0.556. The van der Waals surface area contributed by atoms with Gasteiger partial charge in [-0.1, -0.05) is 6.92 Å². The minimum Gasteiger partial charge on any atom is -0.444 e. The number of halogens is 1. The summed E-state index contributed by atoms with van der Waals surface area (Å²) in [4.78, 5) is 20.7. The van der Waals surface area contributed by atoms with Gasteiger partial charge in [0.05, 0.1) is 23.5 Å². The lowest BCUT2D eigenvalue weighted by Crippen LogP contribution is -2.47. The lowest BCUT2D eigenvalue weighted by Gasteiger charge is -2.27. The summed E-state index contributed by atoms with van der Waals surface area (Å²) < 4.78 is 20.0. The van der Waals surface area contributed by atoms with E-state index in [9.17, 15) is 14.4 Å². The van der Waals surface area contributed by atoms with Gasteiger partial charge in [-0.25, -0.2) is 14.2 Å². The van der Waals surface area contributed by atoms with Crippen LogP contribution >= 0.6 is 0 Å². The average molecular weight is 443 g/mol. The molecule has 9 heteroatoms. The van der Waals surface area contributed by atoms with Crippen LogP contribution in [0.3, 0.4) is 0 Å². The van der Waals surface area contributed by atoms with E-state index < -0.39 is 17.5 Å². The second kappa shape index (κ2) is 10.3. The number of nitriles is 1. The zero-order chi connectivity index (χ0) is 24.1. The SMILES string of the molecule is CC[C@H](NC(=O)OC(C)(C)C)[C@@H](C)Nc1nc(Nc2cnc(C)c(C)c2)c(C#N)cc1F. The van der Waals surface area contributed by atoms with E-state index in [1.165, 1.54) is 0 Å². The lowest BCUT2D eigenvalue weighted by molar-refractivity contribution is 0.0498. The number of hydrogen-bond acceptors (Lipinski definition) is 7. The number of ether oxygens (including phenoxy) is 1. The minimum absolute atomic E-state index is 0.0276. The van der Waals surface area contributed by atoms with Gasteiger partial charge in [0.1, 0.15) is 11.7 Å². The number of alkyl carbamates (subject to hydrolysis) is 1. The Morgan fingerprint density at radius 1 is 1.28 bits per heavy atom. The van der Waals surface area contributed by atoms with Crippen LogP contribution in [-0.4, -0.2) is 33.7 Å². The molecule has 8 nitrogen and oxygen atoms in total. The third kappa shape index (κ3) is 6.80. The summed E-state index contributed by atoms with van der Waals surface area (Å²) in [5.41, 5.74) is 1.95. The molecule has 2 rings (SSSR count). The van der Waals surface area contributed by atoms with Crippen LogP contribution in [0.15, 0.2) is 18.3 Å². The van der Waals surface area contributed by atoms with Crippen molar-refractivity contribution in [2.45, 2.75) is 72.6 Å². The van der Waals surface area contributed by atoms with Crippen molar-refractivity contribution in [2.75, 3.05) is 10.6 Å². The molecule has 0 aliphatic rings. The maximum Gasteiger partial charge on any atom is 0.407 e. The summed E-state index contributed by atoms with van der Waals surface area (Å²) in [7, 11) is 0. The molecular weight excluding hydrogens is 411 g/mol. The Hall–Kier alpha value is -3.41. The van der Waals surface area contributed by atoms with Crippen molar-refractivity contribution in [1.29, 1.82) is 5.26 Å². The van der Waals surface area contributed by atoms with Crippen molar-refractivity contribution < 1.29 is 13.9 Å². The first-order valence-electron chi connectivity index (χ1n) is 10.5. The topological polar surface area (TPSA) is 112 Å². The van der Waals surface area contributed by atoms with Crippen LogP contribution in [0.2, 0.25) is 0 Å². The molecule has 3 N–H and O–H groups in total. The number of pyridine rings is 2. The van der Waals surface area contributed by atoms with E-state index >= 15 is 0 Å². The Morgan fingerprint density at radius 3 is 2.53 bits per heavy atom. The van der Waals surface area contributed by atoms with E-state index in [0.29, 0.717) is 12.1 Å². The third-order valence-corrected chi connectivity index (χ3v) is 4.81. The first-order valence-corrected chi connectivity index (χ1v) is 10.5. The van der Waals surface area contributed by atoms with Crippen LogP contribution in [0.4, 0.5) is 26.5 Å². The van der Waals surface area contributed by atoms with Gasteiger partial charge in [0.15, 0.2) is 17.5 Å². The lowest BCUT2D eigenvalue weighted by atomic mass is 10.1. The molecule has 32 heavy (non-hydrogen) atoms. The second-order valence-electron chi connectivity index (χ2n) is 8.67. The van der Waals surface area contributed by atoms with Gasteiger partial charge >= 0.3 is 6.09 Å². The first kappa shape index (κ1) is 24.9. The van der Waals surface area contributed by atoms with E-state index in [2.05, 4.69) is 25.9 Å². The molecule has 2 heterocycles. The number of amides is 1.